The number of fused-ring (bicyclic) bond motifs is 1. The Morgan fingerprint density at radius 3 is 2.53 bits per heavy atom. The van der Waals surface area contributed by atoms with E-state index in [0.717, 1.165) is 38.1 Å². The topological polar surface area (TPSA) is 84.9 Å². The molecule has 2 saturated heterocycles. The smallest absolute Gasteiger partial charge is 0.338 e. The molecule has 0 radical (unpaired) electrons. The van der Waals surface area contributed by atoms with E-state index in [2.05, 4.69) is 18.7 Å². The van der Waals surface area contributed by atoms with Gasteiger partial charge in [0.2, 0.25) is 0 Å². The first-order chi connectivity index (χ1) is 20.8. The summed E-state index contributed by atoms with van der Waals surface area (Å²) in [4.78, 5) is 16.8. The van der Waals surface area contributed by atoms with Crippen LogP contribution < -0.4 is 4.74 Å². The second-order valence-electron chi connectivity index (χ2n) is 14.4. The van der Waals surface area contributed by atoms with Crippen LogP contribution in [-0.2, 0) is 28.4 Å². The van der Waals surface area contributed by atoms with Crippen LogP contribution in [-0.4, -0.2) is 100 Å². The van der Waals surface area contributed by atoms with E-state index in [-0.39, 0.29) is 71.6 Å². The number of carbonyl (C=O) groups is 1. The van der Waals surface area contributed by atoms with Crippen LogP contribution in [0.4, 0.5) is 0 Å². The van der Waals surface area contributed by atoms with Crippen LogP contribution in [0.15, 0.2) is 24.3 Å². The van der Waals surface area contributed by atoms with Crippen molar-refractivity contribution in [3.8, 4) is 5.75 Å². The van der Waals surface area contributed by atoms with Gasteiger partial charge in [0.05, 0.1) is 36.5 Å². The molecule has 1 aromatic rings. The second kappa shape index (κ2) is 9.63. The summed E-state index contributed by atoms with van der Waals surface area (Å²) in [6, 6.07) is 7.28. The molecule has 9 heteroatoms. The van der Waals surface area contributed by atoms with Crippen molar-refractivity contribution in [2.24, 2.45) is 34.5 Å². The van der Waals surface area contributed by atoms with Gasteiger partial charge in [-0.25, -0.2) is 4.79 Å². The zero-order valence-corrected chi connectivity index (χ0v) is 26.4. The molecule has 9 nitrogen and oxygen atoms in total. The maximum Gasteiger partial charge on any atom is 0.338 e. The summed E-state index contributed by atoms with van der Waals surface area (Å²) in [6.07, 6.45) is 3.15. The van der Waals surface area contributed by atoms with Crippen LogP contribution in [0.3, 0.4) is 0 Å². The van der Waals surface area contributed by atoms with Crippen LogP contribution in [0.2, 0.25) is 0 Å². The lowest BCUT2D eigenvalue weighted by Gasteiger charge is -2.69. The summed E-state index contributed by atoms with van der Waals surface area (Å²) in [5, 5.41) is 0. The molecule has 5 saturated carbocycles. The zero-order chi connectivity index (χ0) is 29.9. The lowest BCUT2D eigenvalue weighted by Crippen LogP contribution is -2.81. The number of hydrogen-bond acceptors (Lipinski definition) is 9. The molecule has 7 fully saturated rings. The average molecular weight is 598 g/mol. The molecule has 13 atom stereocenters. The van der Waals surface area contributed by atoms with E-state index >= 15 is 0 Å². The number of ether oxygens (including phenoxy) is 7. The molecule has 3 spiro atoms. The molecule has 43 heavy (non-hydrogen) atoms. The number of carbonyl (C=O) groups excluding carboxylic acids is 1. The standard InChI is InChI=1S/C34H47NO8/c1-7-35-17-31(3)14-13-24(38-5)33-22-15-21-23(37-4)16-32(25(22)26(21)39-6)34(30(33)35,42-18-41-32)28(27(31)33)43-29(36)19-9-11-20(12-10-19)40-8-2/h9-12,21-28,30H,7-8,13-18H2,1-6H3/t21-,22-,23+,24+,25-,26+,27-,28+,30?,31+,32-,33+,34+/m1/s1. The quantitative estimate of drug-likeness (QED) is 0.414. The third kappa shape index (κ3) is 3.17. The lowest BCUT2D eigenvalue weighted by atomic mass is 9.43. The van der Waals surface area contributed by atoms with Gasteiger partial charge in [0.15, 0.2) is 5.60 Å². The fourth-order valence-corrected chi connectivity index (χ4v) is 12.6. The molecule has 0 aromatic heterocycles. The van der Waals surface area contributed by atoms with Crippen molar-refractivity contribution >= 4 is 5.97 Å². The molecule has 0 N–H and O–H groups in total. The van der Waals surface area contributed by atoms with Crippen molar-refractivity contribution in [2.75, 3.05) is 47.8 Å². The summed E-state index contributed by atoms with van der Waals surface area (Å²) in [6.45, 7) is 9.20. The van der Waals surface area contributed by atoms with Crippen molar-refractivity contribution in [3.63, 3.8) is 0 Å². The number of rotatable bonds is 8. The van der Waals surface area contributed by atoms with Crippen molar-refractivity contribution in [1.82, 2.24) is 4.90 Å². The predicted molar refractivity (Wildman–Crippen MR) is 156 cm³/mol. The second-order valence-corrected chi connectivity index (χ2v) is 14.4. The van der Waals surface area contributed by atoms with Crippen molar-refractivity contribution in [1.29, 1.82) is 0 Å². The van der Waals surface area contributed by atoms with Crippen LogP contribution in [0.5, 0.6) is 5.75 Å². The molecule has 1 unspecified atom stereocenters. The summed E-state index contributed by atoms with van der Waals surface area (Å²) in [7, 11) is 5.52. The van der Waals surface area contributed by atoms with Gasteiger partial charge < -0.3 is 33.2 Å². The Hall–Kier alpha value is -1.75. The summed E-state index contributed by atoms with van der Waals surface area (Å²) >= 11 is 0. The highest BCUT2D eigenvalue weighted by atomic mass is 16.7. The van der Waals surface area contributed by atoms with Gasteiger partial charge >= 0.3 is 5.97 Å². The van der Waals surface area contributed by atoms with E-state index < -0.39 is 17.3 Å². The fraction of sp³-hybridized carbons (Fsp3) is 0.794. The summed E-state index contributed by atoms with van der Waals surface area (Å²) in [5.74, 6) is 1.11. The Balaban J connectivity index is 1.35. The van der Waals surface area contributed by atoms with E-state index in [1.165, 1.54) is 0 Å². The van der Waals surface area contributed by atoms with E-state index in [1.807, 2.05) is 40.4 Å². The van der Waals surface area contributed by atoms with E-state index in [9.17, 15) is 4.79 Å². The van der Waals surface area contributed by atoms with E-state index in [0.29, 0.717) is 18.6 Å². The predicted octanol–water partition coefficient (Wildman–Crippen LogP) is 3.93. The van der Waals surface area contributed by atoms with Gasteiger partial charge in [0, 0.05) is 57.5 Å². The van der Waals surface area contributed by atoms with Crippen LogP contribution >= 0.6 is 0 Å². The Bertz CT molecular complexity index is 1280. The van der Waals surface area contributed by atoms with Crippen LogP contribution in [0.25, 0.3) is 0 Å². The van der Waals surface area contributed by atoms with E-state index in [1.54, 1.807) is 12.1 Å². The SMILES string of the molecule is CCOc1ccc(C(=O)O[C@H]2[C@@H]3[C@@]4(C)CC[C@H](OC)[C@]35C(N(CC)C4)[C@@]23OCO[C@@]32C[C@H](OC)[C@H]3C[C@@H]5[C@@H]2[C@H]3OC)cc1. The Morgan fingerprint density at radius 2 is 1.86 bits per heavy atom. The van der Waals surface area contributed by atoms with Gasteiger partial charge in [0.1, 0.15) is 24.2 Å². The Morgan fingerprint density at radius 1 is 1.07 bits per heavy atom. The molecule has 0 amide bonds. The number of esters is 1. The molecule has 5 aliphatic carbocycles. The van der Waals surface area contributed by atoms with Gasteiger partial charge in [0.25, 0.3) is 0 Å². The number of likely N-dealkylation sites (N-methyl/N-ethyl adjacent to an activating group) is 1. The normalized spacial score (nSPS) is 50.4. The van der Waals surface area contributed by atoms with Crippen LogP contribution in [0, 0.1) is 34.5 Å². The van der Waals surface area contributed by atoms with Gasteiger partial charge in [-0.3, -0.25) is 4.90 Å². The fourth-order valence-electron chi connectivity index (χ4n) is 12.6. The largest absolute Gasteiger partial charge is 0.494 e. The van der Waals surface area contributed by atoms with Gasteiger partial charge in [-0.05, 0) is 68.3 Å². The minimum Gasteiger partial charge on any atom is -0.494 e. The van der Waals surface area contributed by atoms with Crippen molar-refractivity contribution in [2.45, 2.75) is 88.1 Å². The number of hydrogen-bond donors (Lipinski definition) is 0. The number of benzene rings is 1. The highest BCUT2D eigenvalue weighted by Gasteiger charge is 2.94. The monoisotopic (exact) mass is 597 g/mol. The summed E-state index contributed by atoms with van der Waals surface area (Å²) in [5.41, 5.74) is -1.43. The molecule has 2 aliphatic heterocycles. The maximum atomic E-state index is 14.2. The lowest BCUT2D eigenvalue weighted by molar-refractivity contribution is -0.282. The van der Waals surface area contributed by atoms with E-state index in [4.69, 9.17) is 33.2 Å². The molecule has 8 rings (SSSR count). The number of likely N-dealkylation sites (tertiary alicyclic amines) is 1. The zero-order valence-electron chi connectivity index (χ0n) is 26.4. The molecule has 7 aliphatic rings. The highest BCUT2D eigenvalue weighted by Crippen LogP contribution is 2.82. The van der Waals surface area contributed by atoms with Gasteiger partial charge in [-0.2, -0.15) is 0 Å². The first-order valence-electron chi connectivity index (χ1n) is 16.4. The average Bonchev–Trinajstić information content (AvgIpc) is 3.60. The third-order valence-electron chi connectivity index (χ3n) is 13.4. The molecule has 2 heterocycles. The summed E-state index contributed by atoms with van der Waals surface area (Å²) < 4.78 is 45.8. The molecule has 236 valence electrons. The molecule has 1 aromatic carbocycles. The number of piperidine rings is 1. The third-order valence-corrected chi connectivity index (χ3v) is 13.4. The highest BCUT2D eigenvalue weighted by molar-refractivity contribution is 5.89. The first kappa shape index (κ1) is 28.7. The number of methoxy groups -OCH3 is 3. The van der Waals surface area contributed by atoms with Crippen molar-refractivity contribution < 1.29 is 38.0 Å². The van der Waals surface area contributed by atoms with Crippen molar-refractivity contribution in [3.05, 3.63) is 29.8 Å². The molecular weight excluding hydrogens is 550 g/mol. The van der Waals surface area contributed by atoms with Gasteiger partial charge in [-0.1, -0.05) is 13.8 Å². The Labute approximate surface area is 254 Å². The first-order valence-corrected chi connectivity index (χ1v) is 16.4. The van der Waals surface area contributed by atoms with Gasteiger partial charge in [-0.15, -0.1) is 0 Å². The minimum absolute atomic E-state index is 0.0120. The minimum atomic E-state index is -0.877. The van der Waals surface area contributed by atoms with Crippen LogP contribution in [0.1, 0.15) is 56.8 Å². The molecule has 7 bridgehead atoms. The Kier molecular flexibility index (Phi) is 6.43. The molecular formula is C34H47NO8. The maximum absolute atomic E-state index is 14.2. The number of nitrogens with zero attached hydrogens (tertiary/aromatic N) is 1.